The van der Waals surface area contributed by atoms with Gasteiger partial charge < -0.3 is 9.88 Å². The van der Waals surface area contributed by atoms with Crippen molar-refractivity contribution in [2.24, 2.45) is 13.0 Å². The van der Waals surface area contributed by atoms with Crippen molar-refractivity contribution in [1.29, 1.82) is 0 Å². The zero-order valence-electron chi connectivity index (χ0n) is 13.8. The normalized spacial score (nSPS) is 12.8. The van der Waals surface area contributed by atoms with Crippen LogP contribution in [0.4, 0.5) is 0 Å². The minimum atomic E-state index is -0.112. The second-order valence-corrected chi connectivity index (χ2v) is 7.24. The summed E-state index contributed by atoms with van der Waals surface area (Å²) in [5, 5.41) is 3.57. The second-order valence-electron chi connectivity index (χ2n) is 6.24. The van der Waals surface area contributed by atoms with Gasteiger partial charge in [-0.25, -0.2) is 4.98 Å². The topological polar surface area (TPSA) is 64.0 Å². The minimum Gasteiger partial charge on any atom is -0.349 e. The Labute approximate surface area is 134 Å². The maximum atomic E-state index is 12.4. The third kappa shape index (κ3) is 3.38. The zero-order chi connectivity index (χ0) is 16.4. The van der Waals surface area contributed by atoms with E-state index in [0.717, 1.165) is 18.4 Å². The smallest absolute Gasteiger partial charge is 0.262 e. The van der Waals surface area contributed by atoms with E-state index in [1.807, 2.05) is 13.8 Å². The summed E-state index contributed by atoms with van der Waals surface area (Å²) in [4.78, 5) is 30.1. The maximum Gasteiger partial charge on any atom is 0.262 e. The first-order valence-corrected chi connectivity index (χ1v) is 8.38. The van der Waals surface area contributed by atoms with Crippen molar-refractivity contribution in [3.05, 3.63) is 27.1 Å². The molecule has 1 amide bonds. The van der Waals surface area contributed by atoms with Crippen molar-refractivity contribution in [2.75, 3.05) is 0 Å². The average Bonchev–Trinajstić information content (AvgIpc) is 2.78. The maximum absolute atomic E-state index is 12.4. The van der Waals surface area contributed by atoms with E-state index in [1.54, 1.807) is 7.05 Å². The van der Waals surface area contributed by atoms with Crippen molar-refractivity contribution >= 4 is 27.5 Å². The van der Waals surface area contributed by atoms with Crippen LogP contribution < -0.4 is 10.9 Å². The lowest BCUT2D eigenvalue weighted by Crippen LogP contribution is -2.32. The molecule has 0 radical (unpaired) electrons. The van der Waals surface area contributed by atoms with E-state index in [9.17, 15) is 9.59 Å². The molecule has 2 aromatic rings. The fraction of sp³-hybridized carbons (Fsp3) is 0.562. The Balaban J connectivity index is 2.24. The minimum absolute atomic E-state index is 0.106. The van der Waals surface area contributed by atoms with Crippen molar-refractivity contribution < 1.29 is 4.79 Å². The zero-order valence-corrected chi connectivity index (χ0v) is 14.6. The van der Waals surface area contributed by atoms with Crippen molar-refractivity contribution in [2.45, 2.75) is 46.6 Å². The Morgan fingerprint density at radius 1 is 1.36 bits per heavy atom. The van der Waals surface area contributed by atoms with Gasteiger partial charge in [-0.2, -0.15) is 0 Å². The number of carbonyl (C=O) groups is 1. The van der Waals surface area contributed by atoms with Gasteiger partial charge in [-0.3, -0.25) is 9.59 Å². The van der Waals surface area contributed by atoms with E-state index < -0.39 is 0 Å². The monoisotopic (exact) mass is 321 g/mol. The predicted octanol–water partition coefficient (Wildman–Crippen LogP) is 2.86. The second kappa shape index (κ2) is 6.60. The lowest BCUT2D eigenvalue weighted by Gasteiger charge is -2.14. The number of fused-ring (bicyclic) bond motifs is 1. The summed E-state index contributed by atoms with van der Waals surface area (Å²) in [6.45, 7) is 8.17. The molecular weight excluding hydrogens is 298 g/mol. The molecule has 0 saturated carbocycles. The standard InChI is InChI=1S/C16H23N3O2S/c1-9(2)6-7-10(3)18-14(20)13-11(4)12-15(22-13)17-8-19(5)16(12)21/h8-10H,6-7H2,1-5H3,(H,18,20). The van der Waals surface area contributed by atoms with Gasteiger partial charge in [-0.15, -0.1) is 11.3 Å². The third-order valence-corrected chi connectivity index (χ3v) is 4.97. The molecule has 1 N–H and O–H groups in total. The molecule has 22 heavy (non-hydrogen) atoms. The number of nitrogens with zero attached hydrogens (tertiary/aromatic N) is 2. The number of thiophene rings is 1. The van der Waals surface area contributed by atoms with Crippen LogP contribution in [0.15, 0.2) is 11.1 Å². The number of aryl methyl sites for hydroxylation is 2. The van der Waals surface area contributed by atoms with E-state index in [4.69, 9.17) is 0 Å². The van der Waals surface area contributed by atoms with Gasteiger partial charge in [0, 0.05) is 13.1 Å². The molecule has 2 heterocycles. The lowest BCUT2D eigenvalue weighted by molar-refractivity contribution is 0.0941. The number of rotatable bonds is 5. The molecule has 0 aliphatic rings. The largest absolute Gasteiger partial charge is 0.349 e. The highest BCUT2D eigenvalue weighted by Gasteiger charge is 2.20. The van der Waals surface area contributed by atoms with Crippen LogP contribution in [0.25, 0.3) is 10.2 Å². The molecule has 5 nitrogen and oxygen atoms in total. The number of aromatic nitrogens is 2. The summed E-state index contributed by atoms with van der Waals surface area (Å²) in [5.74, 6) is 0.511. The molecule has 0 aliphatic heterocycles. The fourth-order valence-corrected chi connectivity index (χ4v) is 3.41. The highest BCUT2D eigenvalue weighted by atomic mass is 32.1. The van der Waals surface area contributed by atoms with E-state index >= 15 is 0 Å². The van der Waals surface area contributed by atoms with Gasteiger partial charge in [0.15, 0.2) is 0 Å². The molecule has 1 atom stereocenters. The molecule has 1 unspecified atom stereocenters. The fourth-order valence-electron chi connectivity index (χ4n) is 2.37. The first-order chi connectivity index (χ1) is 10.3. The Morgan fingerprint density at radius 3 is 2.68 bits per heavy atom. The molecule has 0 bridgehead atoms. The third-order valence-electron chi connectivity index (χ3n) is 3.77. The molecule has 2 aromatic heterocycles. The Kier molecular flexibility index (Phi) is 5.01. The van der Waals surface area contributed by atoms with Crippen LogP contribution in [0, 0.1) is 12.8 Å². The van der Waals surface area contributed by atoms with Crippen molar-refractivity contribution in [3.8, 4) is 0 Å². The summed E-state index contributed by atoms with van der Waals surface area (Å²) in [7, 11) is 1.67. The SMILES string of the molecule is Cc1c(C(=O)NC(C)CCC(C)C)sc2ncn(C)c(=O)c12. The van der Waals surface area contributed by atoms with E-state index in [2.05, 4.69) is 24.1 Å². The highest BCUT2D eigenvalue weighted by Crippen LogP contribution is 2.26. The lowest BCUT2D eigenvalue weighted by atomic mass is 10.0. The first kappa shape index (κ1) is 16.7. The molecule has 0 spiro atoms. The number of hydrogen-bond donors (Lipinski definition) is 1. The molecule has 0 saturated heterocycles. The van der Waals surface area contributed by atoms with E-state index in [-0.39, 0.29) is 17.5 Å². The Hall–Kier alpha value is -1.69. The van der Waals surface area contributed by atoms with Crippen LogP contribution >= 0.6 is 11.3 Å². The van der Waals surface area contributed by atoms with Crippen LogP contribution in [-0.4, -0.2) is 21.5 Å². The van der Waals surface area contributed by atoms with Crippen molar-refractivity contribution in [1.82, 2.24) is 14.9 Å². The van der Waals surface area contributed by atoms with Gasteiger partial charge in [-0.05, 0) is 38.2 Å². The molecule has 120 valence electrons. The van der Waals surface area contributed by atoms with Gasteiger partial charge in [0.1, 0.15) is 4.83 Å². The quantitative estimate of drug-likeness (QED) is 0.921. The van der Waals surface area contributed by atoms with Crippen LogP contribution in [0.3, 0.4) is 0 Å². The molecule has 0 aliphatic carbocycles. The molecule has 6 heteroatoms. The van der Waals surface area contributed by atoms with Gasteiger partial charge in [-0.1, -0.05) is 13.8 Å². The van der Waals surface area contributed by atoms with Gasteiger partial charge >= 0.3 is 0 Å². The summed E-state index contributed by atoms with van der Waals surface area (Å²) in [6, 6.07) is 0.121. The number of carbonyl (C=O) groups excluding carboxylic acids is 1. The molecule has 2 rings (SSSR count). The Morgan fingerprint density at radius 2 is 2.05 bits per heavy atom. The molecular formula is C16H23N3O2S. The molecule has 0 fully saturated rings. The summed E-state index contributed by atoms with van der Waals surface area (Å²) >= 11 is 1.28. The average molecular weight is 321 g/mol. The summed E-state index contributed by atoms with van der Waals surface area (Å²) in [5.41, 5.74) is 0.618. The van der Waals surface area contributed by atoms with E-state index in [1.165, 1.54) is 22.2 Å². The highest BCUT2D eigenvalue weighted by molar-refractivity contribution is 7.20. The predicted molar refractivity (Wildman–Crippen MR) is 90.6 cm³/mol. The Bertz CT molecular complexity index is 746. The van der Waals surface area contributed by atoms with Crippen LogP contribution in [-0.2, 0) is 7.05 Å². The van der Waals surface area contributed by atoms with E-state index in [0.29, 0.717) is 21.0 Å². The number of amides is 1. The first-order valence-electron chi connectivity index (χ1n) is 7.56. The summed E-state index contributed by atoms with van der Waals surface area (Å²) in [6.07, 6.45) is 3.52. The van der Waals surface area contributed by atoms with Gasteiger partial charge in [0.05, 0.1) is 16.6 Å². The number of hydrogen-bond acceptors (Lipinski definition) is 4. The van der Waals surface area contributed by atoms with Crippen molar-refractivity contribution in [3.63, 3.8) is 0 Å². The summed E-state index contributed by atoms with van der Waals surface area (Å²) < 4.78 is 1.44. The van der Waals surface area contributed by atoms with Crippen LogP contribution in [0.1, 0.15) is 48.8 Å². The van der Waals surface area contributed by atoms with Crippen LogP contribution in [0.2, 0.25) is 0 Å². The molecule has 0 aromatic carbocycles. The number of nitrogens with one attached hydrogen (secondary N) is 1. The van der Waals surface area contributed by atoms with Crippen LogP contribution in [0.5, 0.6) is 0 Å². The van der Waals surface area contributed by atoms with Gasteiger partial charge in [0.25, 0.3) is 11.5 Å². The van der Waals surface area contributed by atoms with Gasteiger partial charge in [0.2, 0.25) is 0 Å².